The average molecular weight is 498 g/mol. The Hall–Kier alpha value is -2.72. The van der Waals surface area contributed by atoms with Crippen LogP contribution in [0.15, 0.2) is 41.3 Å². The number of hydrogen-bond donors (Lipinski definition) is 0. The van der Waals surface area contributed by atoms with Gasteiger partial charge in [0.1, 0.15) is 16.5 Å². The summed E-state index contributed by atoms with van der Waals surface area (Å²) in [6.07, 6.45) is -4.37. The summed E-state index contributed by atoms with van der Waals surface area (Å²) in [6.45, 7) is 3.61. The number of aromatic nitrogens is 1. The molecule has 0 N–H and O–H groups in total. The van der Waals surface area contributed by atoms with Gasteiger partial charge in [-0.1, -0.05) is 12.1 Å². The number of carbonyl (C=O) groups is 1. The van der Waals surface area contributed by atoms with Crippen LogP contribution in [0.3, 0.4) is 0 Å². The van der Waals surface area contributed by atoms with Gasteiger partial charge in [-0.3, -0.25) is 0 Å². The van der Waals surface area contributed by atoms with E-state index in [4.69, 9.17) is 9.47 Å². The summed E-state index contributed by atoms with van der Waals surface area (Å²) in [4.78, 5) is 17.8. The molecule has 0 bridgehead atoms. The molecule has 0 spiro atoms. The van der Waals surface area contributed by atoms with E-state index in [-0.39, 0.29) is 6.61 Å². The molecule has 2 aromatic carbocycles. The Morgan fingerprint density at radius 1 is 1.12 bits per heavy atom. The molecule has 33 heavy (non-hydrogen) atoms. The van der Waals surface area contributed by atoms with Crippen LogP contribution in [0.4, 0.5) is 13.2 Å². The summed E-state index contributed by atoms with van der Waals surface area (Å²) in [5, 5.41) is 0.673. The SMILES string of the molecule is COC(=O)COc1cc(C)c(SCc2sc(-c3ccc(C(F)(F)F)cc3)nc2C)c(OC)c1. The fourth-order valence-electron chi connectivity index (χ4n) is 2.96. The maximum Gasteiger partial charge on any atom is 0.416 e. The highest BCUT2D eigenvalue weighted by molar-refractivity contribution is 7.98. The number of ether oxygens (including phenoxy) is 3. The summed E-state index contributed by atoms with van der Waals surface area (Å²) < 4.78 is 54.0. The Morgan fingerprint density at radius 2 is 1.82 bits per heavy atom. The molecule has 3 rings (SSSR count). The van der Waals surface area contributed by atoms with Crippen LogP contribution in [0.5, 0.6) is 11.5 Å². The molecule has 176 valence electrons. The minimum atomic E-state index is -4.37. The normalized spacial score (nSPS) is 11.4. The Bertz CT molecular complexity index is 1130. The molecule has 1 heterocycles. The molecule has 0 saturated heterocycles. The second-order valence-electron chi connectivity index (χ2n) is 7.03. The molecule has 1 aromatic heterocycles. The predicted molar refractivity (Wildman–Crippen MR) is 122 cm³/mol. The number of methoxy groups -OCH3 is 2. The molecule has 0 aliphatic carbocycles. The van der Waals surface area contributed by atoms with Crippen molar-refractivity contribution in [3.05, 3.63) is 58.1 Å². The van der Waals surface area contributed by atoms with Crippen molar-refractivity contribution in [3.8, 4) is 22.1 Å². The highest BCUT2D eigenvalue weighted by Crippen LogP contribution is 2.40. The van der Waals surface area contributed by atoms with Crippen LogP contribution in [0.25, 0.3) is 10.6 Å². The monoisotopic (exact) mass is 497 g/mol. The van der Waals surface area contributed by atoms with E-state index in [0.717, 1.165) is 33.2 Å². The molecule has 0 aliphatic rings. The van der Waals surface area contributed by atoms with Crippen molar-refractivity contribution in [2.45, 2.75) is 30.7 Å². The van der Waals surface area contributed by atoms with Gasteiger partial charge in [0.15, 0.2) is 6.61 Å². The van der Waals surface area contributed by atoms with Crippen LogP contribution in [-0.2, 0) is 21.5 Å². The van der Waals surface area contributed by atoms with Crippen molar-refractivity contribution < 1.29 is 32.2 Å². The van der Waals surface area contributed by atoms with Gasteiger partial charge < -0.3 is 14.2 Å². The smallest absolute Gasteiger partial charge is 0.416 e. The van der Waals surface area contributed by atoms with E-state index in [9.17, 15) is 18.0 Å². The summed E-state index contributed by atoms with van der Waals surface area (Å²) in [5.74, 6) is 1.25. The van der Waals surface area contributed by atoms with Gasteiger partial charge in [-0.05, 0) is 37.6 Å². The molecule has 3 aromatic rings. The first-order chi connectivity index (χ1) is 15.6. The summed E-state index contributed by atoms with van der Waals surface area (Å²) in [5.41, 5.74) is 1.71. The van der Waals surface area contributed by atoms with E-state index >= 15 is 0 Å². The molecular formula is C23H22F3NO4S2. The van der Waals surface area contributed by atoms with Crippen molar-refractivity contribution in [2.24, 2.45) is 0 Å². The number of rotatable bonds is 8. The average Bonchev–Trinajstić information content (AvgIpc) is 3.16. The Kier molecular flexibility index (Phi) is 7.91. The molecule has 0 fully saturated rings. The van der Waals surface area contributed by atoms with E-state index in [1.165, 1.54) is 30.6 Å². The fraction of sp³-hybridized carbons (Fsp3) is 0.304. The number of nitrogens with zero attached hydrogens (tertiary/aromatic N) is 1. The third-order valence-electron chi connectivity index (χ3n) is 4.72. The van der Waals surface area contributed by atoms with Crippen molar-refractivity contribution in [2.75, 3.05) is 20.8 Å². The lowest BCUT2D eigenvalue weighted by atomic mass is 10.1. The largest absolute Gasteiger partial charge is 0.495 e. The first-order valence-corrected chi connectivity index (χ1v) is 11.6. The number of halogens is 3. The second kappa shape index (κ2) is 10.5. The first kappa shape index (κ1) is 24.9. The number of thiazole rings is 1. The van der Waals surface area contributed by atoms with Crippen LogP contribution >= 0.6 is 23.1 Å². The third-order valence-corrected chi connectivity index (χ3v) is 7.35. The lowest BCUT2D eigenvalue weighted by Crippen LogP contribution is -2.12. The molecular weight excluding hydrogens is 475 g/mol. The number of esters is 1. The zero-order chi connectivity index (χ0) is 24.2. The number of aryl methyl sites for hydroxylation is 2. The van der Waals surface area contributed by atoms with Crippen LogP contribution in [-0.4, -0.2) is 31.8 Å². The summed E-state index contributed by atoms with van der Waals surface area (Å²) in [6, 6.07) is 8.56. The number of carbonyl (C=O) groups excluding carboxylic acids is 1. The molecule has 0 atom stereocenters. The zero-order valence-corrected chi connectivity index (χ0v) is 20.0. The molecule has 0 saturated carbocycles. The van der Waals surface area contributed by atoms with Gasteiger partial charge in [-0.2, -0.15) is 13.2 Å². The summed E-state index contributed by atoms with van der Waals surface area (Å²) >= 11 is 3.02. The molecule has 0 radical (unpaired) electrons. The van der Waals surface area contributed by atoms with Gasteiger partial charge in [0, 0.05) is 22.3 Å². The topological polar surface area (TPSA) is 57.7 Å². The lowest BCUT2D eigenvalue weighted by molar-refractivity contribution is -0.143. The van der Waals surface area contributed by atoms with Gasteiger partial charge in [0.05, 0.1) is 30.4 Å². The maximum atomic E-state index is 12.8. The van der Waals surface area contributed by atoms with Crippen LogP contribution in [0.1, 0.15) is 21.7 Å². The van der Waals surface area contributed by atoms with E-state index < -0.39 is 17.7 Å². The number of thioether (sulfide) groups is 1. The quantitative estimate of drug-likeness (QED) is 0.269. The second-order valence-corrected chi connectivity index (χ2v) is 9.10. The van der Waals surface area contributed by atoms with Gasteiger partial charge in [-0.15, -0.1) is 23.1 Å². The van der Waals surface area contributed by atoms with E-state index in [1.54, 1.807) is 24.9 Å². The molecule has 0 amide bonds. The number of alkyl halides is 3. The fourth-order valence-corrected chi connectivity index (χ4v) is 5.29. The molecule has 10 heteroatoms. The van der Waals surface area contributed by atoms with Gasteiger partial charge in [0.2, 0.25) is 0 Å². The summed E-state index contributed by atoms with van der Waals surface area (Å²) in [7, 11) is 2.85. The highest BCUT2D eigenvalue weighted by Gasteiger charge is 2.30. The zero-order valence-electron chi connectivity index (χ0n) is 18.4. The van der Waals surface area contributed by atoms with Crippen molar-refractivity contribution in [1.82, 2.24) is 4.98 Å². The molecule has 5 nitrogen and oxygen atoms in total. The van der Waals surface area contributed by atoms with Crippen molar-refractivity contribution in [1.29, 1.82) is 0 Å². The van der Waals surface area contributed by atoms with Crippen LogP contribution < -0.4 is 9.47 Å². The Labute approximate surface area is 197 Å². The number of hydrogen-bond acceptors (Lipinski definition) is 7. The van der Waals surface area contributed by atoms with Gasteiger partial charge in [-0.25, -0.2) is 9.78 Å². The van der Waals surface area contributed by atoms with Crippen LogP contribution in [0, 0.1) is 13.8 Å². The third kappa shape index (κ3) is 6.20. The van der Waals surface area contributed by atoms with Gasteiger partial charge in [0.25, 0.3) is 0 Å². The highest BCUT2D eigenvalue weighted by atomic mass is 32.2. The molecule has 0 unspecified atom stereocenters. The maximum absolute atomic E-state index is 12.8. The standard InChI is InChI=1S/C23H22F3NO4S2/c1-13-9-17(31-11-20(28)30-4)10-18(29-3)21(13)32-12-19-14(2)27-22(33-19)15-5-7-16(8-6-15)23(24,25)26/h5-10H,11-12H2,1-4H3. The van der Waals surface area contributed by atoms with Crippen molar-refractivity contribution >= 4 is 29.1 Å². The van der Waals surface area contributed by atoms with Gasteiger partial charge >= 0.3 is 12.1 Å². The van der Waals surface area contributed by atoms with Crippen LogP contribution in [0.2, 0.25) is 0 Å². The molecule has 0 aliphatic heterocycles. The first-order valence-electron chi connectivity index (χ1n) is 9.77. The minimum absolute atomic E-state index is 0.196. The Morgan fingerprint density at radius 3 is 2.42 bits per heavy atom. The minimum Gasteiger partial charge on any atom is -0.495 e. The lowest BCUT2D eigenvalue weighted by Gasteiger charge is -2.14. The van der Waals surface area contributed by atoms with E-state index in [2.05, 4.69) is 9.72 Å². The number of benzene rings is 2. The predicted octanol–water partition coefficient (Wildman–Crippen LogP) is 6.30. The van der Waals surface area contributed by atoms with E-state index in [0.29, 0.717) is 27.8 Å². The van der Waals surface area contributed by atoms with E-state index in [1.807, 2.05) is 19.9 Å². The Balaban J connectivity index is 1.75. The van der Waals surface area contributed by atoms with Crippen molar-refractivity contribution in [3.63, 3.8) is 0 Å².